The molecule has 4 heteroatoms. The average molecular weight is 365 g/mol. The molecule has 2 aromatic rings. The van der Waals surface area contributed by atoms with Crippen molar-refractivity contribution in [2.75, 3.05) is 5.32 Å². The summed E-state index contributed by atoms with van der Waals surface area (Å²) in [6.45, 7) is 1.98. The Morgan fingerprint density at radius 2 is 2.05 bits per heavy atom. The van der Waals surface area contributed by atoms with Gasteiger partial charge in [-0.25, -0.2) is 0 Å². The van der Waals surface area contributed by atoms with Gasteiger partial charge in [-0.15, -0.1) is 0 Å². The Balaban J connectivity index is 1.70. The highest BCUT2D eigenvalue weighted by molar-refractivity contribution is 9.10. The van der Waals surface area contributed by atoms with Crippen LogP contribution in [-0.4, -0.2) is 5.91 Å². The fourth-order valence-corrected chi connectivity index (χ4v) is 3.35. The Hall–Kier alpha value is -1.32. The first kappa shape index (κ1) is 14.6. The first-order valence-corrected chi connectivity index (χ1v) is 8.05. The average Bonchev–Trinajstić information content (AvgIpc) is 3.23. The van der Waals surface area contributed by atoms with Crippen LogP contribution in [0.4, 0.5) is 5.69 Å². The first-order valence-electron chi connectivity index (χ1n) is 6.87. The SMILES string of the molecule is Cc1cc(Br)ccc1NC(=O)C1CC1c1ccccc1Cl. The van der Waals surface area contributed by atoms with Crippen molar-refractivity contribution in [2.45, 2.75) is 19.3 Å². The van der Waals surface area contributed by atoms with Gasteiger partial charge in [0, 0.05) is 21.1 Å². The molecule has 1 fully saturated rings. The van der Waals surface area contributed by atoms with E-state index < -0.39 is 0 Å². The van der Waals surface area contributed by atoms with Crippen LogP contribution in [-0.2, 0) is 4.79 Å². The van der Waals surface area contributed by atoms with Gasteiger partial charge in [-0.2, -0.15) is 0 Å². The second kappa shape index (κ2) is 5.82. The van der Waals surface area contributed by atoms with Crippen molar-refractivity contribution >= 4 is 39.1 Å². The largest absolute Gasteiger partial charge is 0.326 e. The van der Waals surface area contributed by atoms with Gasteiger partial charge < -0.3 is 5.32 Å². The van der Waals surface area contributed by atoms with Gasteiger partial charge >= 0.3 is 0 Å². The van der Waals surface area contributed by atoms with Gasteiger partial charge in [0.05, 0.1) is 0 Å². The molecule has 0 heterocycles. The molecule has 1 aliphatic rings. The van der Waals surface area contributed by atoms with Crippen LogP contribution in [0.25, 0.3) is 0 Å². The van der Waals surface area contributed by atoms with Crippen LogP contribution in [0.5, 0.6) is 0 Å². The molecular formula is C17H15BrClNO. The van der Waals surface area contributed by atoms with Crippen LogP contribution in [0.2, 0.25) is 5.02 Å². The monoisotopic (exact) mass is 363 g/mol. The predicted octanol–water partition coefficient (Wildman–Crippen LogP) is 5.15. The van der Waals surface area contributed by atoms with E-state index in [4.69, 9.17) is 11.6 Å². The Morgan fingerprint density at radius 3 is 2.76 bits per heavy atom. The summed E-state index contributed by atoms with van der Waals surface area (Å²) >= 11 is 9.62. The van der Waals surface area contributed by atoms with Gasteiger partial charge in [0.15, 0.2) is 0 Å². The molecule has 1 N–H and O–H groups in total. The van der Waals surface area contributed by atoms with E-state index in [1.807, 2.05) is 49.4 Å². The summed E-state index contributed by atoms with van der Waals surface area (Å²) in [6, 6.07) is 13.6. The van der Waals surface area contributed by atoms with Gasteiger partial charge in [-0.05, 0) is 54.7 Å². The highest BCUT2D eigenvalue weighted by Crippen LogP contribution is 2.50. The maximum atomic E-state index is 12.3. The van der Waals surface area contributed by atoms with Gasteiger partial charge in [-0.3, -0.25) is 4.79 Å². The quantitative estimate of drug-likeness (QED) is 0.801. The number of benzene rings is 2. The highest BCUT2D eigenvalue weighted by Gasteiger charge is 2.44. The van der Waals surface area contributed by atoms with E-state index in [1.165, 1.54) is 0 Å². The molecule has 0 saturated heterocycles. The van der Waals surface area contributed by atoms with Crippen molar-refractivity contribution in [1.29, 1.82) is 0 Å². The zero-order valence-corrected chi connectivity index (χ0v) is 13.9. The third kappa shape index (κ3) is 3.14. The first-order chi connectivity index (χ1) is 10.1. The molecular weight excluding hydrogens is 350 g/mol. The fourth-order valence-electron chi connectivity index (χ4n) is 2.60. The molecule has 2 nitrogen and oxygen atoms in total. The number of rotatable bonds is 3. The standard InChI is InChI=1S/C17H15BrClNO/c1-10-8-11(18)6-7-16(10)20-17(21)14-9-13(14)12-4-2-3-5-15(12)19/h2-8,13-14H,9H2,1H3,(H,20,21). The molecule has 0 aromatic heterocycles. The minimum absolute atomic E-state index is 0.0212. The van der Waals surface area contributed by atoms with Crippen molar-refractivity contribution in [3.63, 3.8) is 0 Å². The summed E-state index contributed by atoms with van der Waals surface area (Å²) in [4.78, 5) is 12.3. The molecule has 108 valence electrons. The van der Waals surface area contributed by atoms with Gasteiger partial charge in [0.1, 0.15) is 0 Å². The smallest absolute Gasteiger partial charge is 0.228 e. The van der Waals surface area contributed by atoms with Crippen molar-refractivity contribution in [3.8, 4) is 0 Å². The molecule has 0 radical (unpaired) electrons. The molecule has 2 atom stereocenters. The van der Waals surface area contributed by atoms with E-state index in [-0.39, 0.29) is 17.7 Å². The number of nitrogens with one attached hydrogen (secondary N) is 1. The molecule has 2 unspecified atom stereocenters. The third-order valence-corrected chi connectivity index (χ3v) is 4.72. The van der Waals surface area contributed by atoms with Crippen LogP contribution in [0.3, 0.4) is 0 Å². The van der Waals surface area contributed by atoms with E-state index in [0.717, 1.165) is 32.7 Å². The number of aryl methyl sites for hydroxylation is 1. The highest BCUT2D eigenvalue weighted by atomic mass is 79.9. The van der Waals surface area contributed by atoms with E-state index in [2.05, 4.69) is 21.2 Å². The summed E-state index contributed by atoms with van der Waals surface area (Å²) in [5.74, 6) is 0.341. The molecule has 1 amide bonds. The van der Waals surface area contributed by atoms with Gasteiger partial charge in [0.25, 0.3) is 0 Å². The second-order valence-electron chi connectivity index (χ2n) is 5.42. The number of hydrogen-bond acceptors (Lipinski definition) is 1. The van der Waals surface area contributed by atoms with Crippen LogP contribution >= 0.6 is 27.5 Å². The lowest BCUT2D eigenvalue weighted by Crippen LogP contribution is -2.15. The minimum Gasteiger partial charge on any atom is -0.326 e. The van der Waals surface area contributed by atoms with Crippen molar-refractivity contribution in [3.05, 3.63) is 63.1 Å². The zero-order chi connectivity index (χ0) is 15.0. The lowest BCUT2D eigenvalue weighted by molar-refractivity contribution is -0.117. The number of amides is 1. The van der Waals surface area contributed by atoms with Crippen molar-refractivity contribution in [2.24, 2.45) is 5.92 Å². The van der Waals surface area contributed by atoms with E-state index in [9.17, 15) is 4.79 Å². The molecule has 3 rings (SSSR count). The number of hydrogen-bond donors (Lipinski definition) is 1. The van der Waals surface area contributed by atoms with Crippen LogP contribution in [0.1, 0.15) is 23.5 Å². The maximum absolute atomic E-state index is 12.3. The number of halogens is 2. The molecule has 0 spiro atoms. The summed E-state index contributed by atoms with van der Waals surface area (Å²) < 4.78 is 1.01. The zero-order valence-electron chi connectivity index (χ0n) is 11.6. The van der Waals surface area contributed by atoms with Crippen LogP contribution < -0.4 is 5.32 Å². The topological polar surface area (TPSA) is 29.1 Å². The summed E-state index contributed by atoms with van der Waals surface area (Å²) in [5.41, 5.74) is 2.99. The van der Waals surface area contributed by atoms with Crippen molar-refractivity contribution in [1.82, 2.24) is 0 Å². The number of carbonyl (C=O) groups is 1. The molecule has 21 heavy (non-hydrogen) atoms. The fraction of sp³-hybridized carbons (Fsp3) is 0.235. The lowest BCUT2D eigenvalue weighted by Gasteiger charge is -2.09. The van der Waals surface area contributed by atoms with E-state index in [0.29, 0.717) is 0 Å². The lowest BCUT2D eigenvalue weighted by atomic mass is 10.1. The number of anilines is 1. The van der Waals surface area contributed by atoms with Crippen LogP contribution in [0, 0.1) is 12.8 Å². The molecule has 0 aliphatic heterocycles. The van der Waals surface area contributed by atoms with Gasteiger partial charge in [-0.1, -0.05) is 45.7 Å². The number of carbonyl (C=O) groups excluding carboxylic acids is 1. The molecule has 1 saturated carbocycles. The summed E-state index contributed by atoms with van der Waals surface area (Å²) in [5, 5.41) is 3.76. The Kier molecular flexibility index (Phi) is 4.05. The molecule has 1 aliphatic carbocycles. The minimum atomic E-state index is 0.0212. The van der Waals surface area contributed by atoms with Gasteiger partial charge in [0.2, 0.25) is 5.91 Å². The third-order valence-electron chi connectivity index (χ3n) is 3.88. The summed E-state index contributed by atoms with van der Waals surface area (Å²) in [6.07, 6.45) is 0.866. The Bertz CT molecular complexity index is 701. The van der Waals surface area contributed by atoms with Crippen LogP contribution in [0.15, 0.2) is 46.9 Å². The Labute approximate surface area is 137 Å². The second-order valence-corrected chi connectivity index (χ2v) is 6.74. The Morgan fingerprint density at radius 1 is 1.29 bits per heavy atom. The predicted molar refractivity (Wildman–Crippen MR) is 89.8 cm³/mol. The van der Waals surface area contributed by atoms with E-state index in [1.54, 1.807) is 0 Å². The normalized spacial score (nSPS) is 20.1. The maximum Gasteiger partial charge on any atom is 0.228 e. The van der Waals surface area contributed by atoms with E-state index >= 15 is 0 Å². The van der Waals surface area contributed by atoms with Crippen molar-refractivity contribution < 1.29 is 4.79 Å². The molecule has 0 bridgehead atoms. The molecule has 2 aromatic carbocycles. The summed E-state index contributed by atoms with van der Waals surface area (Å²) in [7, 11) is 0.